The van der Waals surface area contributed by atoms with E-state index in [2.05, 4.69) is 15.0 Å². The van der Waals surface area contributed by atoms with E-state index in [0.29, 0.717) is 17.8 Å². The van der Waals surface area contributed by atoms with E-state index in [4.69, 9.17) is 10.5 Å². The third-order valence-corrected chi connectivity index (χ3v) is 5.79. The summed E-state index contributed by atoms with van der Waals surface area (Å²) in [6.45, 7) is 4.05. The highest BCUT2D eigenvalue weighted by atomic mass is 19.1. The summed E-state index contributed by atoms with van der Waals surface area (Å²) < 4.78 is 21.2. The summed E-state index contributed by atoms with van der Waals surface area (Å²) in [4.78, 5) is 18.5. The van der Waals surface area contributed by atoms with Crippen LogP contribution in [0.2, 0.25) is 0 Å². The van der Waals surface area contributed by atoms with Crippen molar-refractivity contribution < 1.29 is 19.0 Å². The van der Waals surface area contributed by atoms with Gasteiger partial charge in [0, 0.05) is 18.0 Å². The number of hydrogen-bond acceptors (Lipinski definition) is 6. The Morgan fingerprint density at radius 2 is 2.14 bits per heavy atom. The predicted octanol–water partition coefficient (Wildman–Crippen LogP) is 2.04. The second-order valence-corrected chi connectivity index (χ2v) is 7.68. The number of fused-ring (bicyclic) bond motifs is 1. The number of aromatic nitrogens is 3. The molecule has 1 saturated heterocycles. The largest absolute Gasteiger partial charge is 0.505 e. The van der Waals surface area contributed by atoms with E-state index < -0.39 is 23.0 Å². The van der Waals surface area contributed by atoms with Crippen LogP contribution in [-0.2, 0) is 4.74 Å². The number of phenolic OH excluding ortho intramolecular Hbond substituents is 1. The lowest BCUT2D eigenvalue weighted by molar-refractivity contribution is 0.0860. The van der Waals surface area contributed by atoms with Crippen LogP contribution >= 0.6 is 0 Å². The first-order chi connectivity index (χ1) is 13.9. The molecule has 1 aliphatic heterocycles. The van der Waals surface area contributed by atoms with Crippen molar-refractivity contribution >= 4 is 22.6 Å². The Balaban J connectivity index is 1.62. The van der Waals surface area contributed by atoms with Gasteiger partial charge in [0.05, 0.1) is 47.4 Å². The number of carbonyl (C=O) groups excluding carboxylic acids is 1. The Morgan fingerprint density at radius 1 is 1.34 bits per heavy atom. The number of carbonyl (C=O) groups is 1. The van der Waals surface area contributed by atoms with Crippen LogP contribution in [0.4, 0.5) is 10.2 Å². The molecule has 29 heavy (non-hydrogen) atoms. The highest BCUT2D eigenvalue weighted by Crippen LogP contribution is 2.45. The van der Waals surface area contributed by atoms with Crippen molar-refractivity contribution in [1.82, 2.24) is 14.8 Å². The third kappa shape index (κ3) is 2.72. The molecule has 0 bridgehead atoms. The van der Waals surface area contributed by atoms with Crippen LogP contribution in [0.3, 0.4) is 0 Å². The molecule has 3 heterocycles. The van der Waals surface area contributed by atoms with E-state index >= 15 is 0 Å². The molecule has 1 spiro atoms. The number of nitrogens with zero attached hydrogens (tertiary/aromatic N) is 4. The number of hydrogen-bond donors (Lipinski definition) is 2. The summed E-state index contributed by atoms with van der Waals surface area (Å²) >= 11 is 0. The van der Waals surface area contributed by atoms with Gasteiger partial charge in [0.25, 0.3) is 5.91 Å². The fraction of sp³-hybridized carbons (Fsp3) is 0.350. The molecule has 0 unspecified atom stereocenters. The lowest BCUT2D eigenvalue weighted by Gasteiger charge is -2.37. The maximum Gasteiger partial charge on any atom is 0.251 e. The van der Waals surface area contributed by atoms with Crippen molar-refractivity contribution in [1.29, 1.82) is 0 Å². The van der Waals surface area contributed by atoms with Crippen LogP contribution in [0.5, 0.6) is 5.75 Å². The van der Waals surface area contributed by atoms with E-state index in [9.17, 15) is 14.3 Å². The molecule has 1 aromatic carbocycles. The zero-order valence-corrected chi connectivity index (χ0v) is 15.9. The lowest BCUT2D eigenvalue weighted by Crippen LogP contribution is -2.48. The van der Waals surface area contributed by atoms with Gasteiger partial charge in [-0.15, -0.1) is 0 Å². The fourth-order valence-corrected chi connectivity index (χ4v) is 4.04. The van der Waals surface area contributed by atoms with Crippen LogP contribution in [0.15, 0.2) is 24.4 Å². The molecule has 9 heteroatoms. The van der Waals surface area contributed by atoms with Crippen molar-refractivity contribution in [3.63, 3.8) is 0 Å². The van der Waals surface area contributed by atoms with Crippen molar-refractivity contribution in [3.05, 3.63) is 41.5 Å². The van der Waals surface area contributed by atoms with Crippen LogP contribution < -0.4 is 10.6 Å². The molecule has 5 rings (SSSR count). The van der Waals surface area contributed by atoms with E-state index in [1.54, 1.807) is 6.20 Å². The summed E-state index contributed by atoms with van der Waals surface area (Å²) in [5.41, 5.74) is 6.67. The number of morpholine rings is 1. The monoisotopic (exact) mass is 397 g/mol. The van der Waals surface area contributed by atoms with Crippen LogP contribution in [0.1, 0.15) is 28.9 Å². The molecule has 3 N–H and O–H groups in total. The van der Waals surface area contributed by atoms with Crippen molar-refractivity contribution in [3.8, 4) is 11.4 Å². The number of anilines is 1. The minimum absolute atomic E-state index is 0.0575. The molecule has 0 radical (unpaired) electrons. The quantitative estimate of drug-likeness (QED) is 0.701. The molecule has 150 valence electrons. The van der Waals surface area contributed by atoms with Gasteiger partial charge in [-0.25, -0.2) is 14.1 Å². The number of rotatable bonds is 3. The Kier molecular flexibility index (Phi) is 3.79. The number of halogens is 1. The van der Waals surface area contributed by atoms with Crippen molar-refractivity contribution in [2.75, 3.05) is 24.7 Å². The van der Waals surface area contributed by atoms with Crippen LogP contribution in [-0.4, -0.2) is 51.1 Å². The molecule has 1 aliphatic carbocycles. The molecule has 3 aromatic rings. The average molecular weight is 397 g/mol. The standard InChI is InChI=1S/C20H20FN5O3/c1-11-13-8-17(25-4-5-29-10-20(25)2-3-20)23-9-15(13)26(24-11)12-6-14(19(22)28)18(21)16(27)7-12/h6-9,27H,2-5,10H2,1H3,(H2,22,28). The zero-order valence-electron chi connectivity index (χ0n) is 15.9. The molecule has 2 aromatic heterocycles. The van der Waals surface area contributed by atoms with Gasteiger partial charge in [-0.1, -0.05) is 0 Å². The SMILES string of the molecule is Cc1nn(-c2cc(O)c(F)c(C(N)=O)c2)c2cnc(N3CCOCC34CC4)cc12. The number of pyridine rings is 1. The Hall–Kier alpha value is -3.20. The third-order valence-electron chi connectivity index (χ3n) is 5.79. The molecule has 1 amide bonds. The van der Waals surface area contributed by atoms with Gasteiger partial charge in [-0.2, -0.15) is 5.10 Å². The number of ether oxygens (including phenoxy) is 1. The fourth-order valence-electron chi connectivity index (χ4n) is 4.04. The van der Waals surface area contributed by atoms with E-state index in [0.717, 1.165) is 42.9 Å². The molecule has 2 aliphatic rings. The number of benzene rings is 1. The smallest absolute Gasteiger partial charge is 0.251 e. The first-order valence-electron chi connectivity index (χ1n) is 9.43. The molecular weight excluding hydrogens is 377 g/mol. The molecule has 1 saturated carbocycles. The maximum atomic E-state index is 14.0. The minimum atomic E-state index is -1.04. The number of aryl methyl sites for hydroxylation is 1. The summed E-state index contributed by atoms with van der Waals surface area (Å²) in [6.07, 6.45) is 3.89. The molecule has 0 atom stereocenters. The number of primary amides is 1. The van der Waals surface area contributed by atoms with E-state index in [1.807, 2.05) is 13.0 Å². The predicted molar refractivity (Wildman–Crippen MR) is 104 cm³/mol. The van der Waals surface area contributed by atoms with Crippen molar-refractivity contribution in [2.45, 2.75) is 25.3 Å². The second kappa shape index (κ2) is 6.15. The topological polar surface area (TPSA) is 106 Å². The lowest BCUT2D eigenvalue weighted by atomic mass is 10.1. The number of nitrogens with two attached hydrogens (primary N) is 1. The van der Waals surface area contributed by atoms with Gasteiger partial charge in [-0.3, -0.25) is 4.79 Å². The Bertz CT molecular complexity index is 1150. The molecular formula is C20H20FN5O3. The number of amides is 1. The Morgan fingerprint density at radius 3 is 2.86 bits per heavy atom. The maximum absolute atomic E-state index is 14.0. The van der Waals surface area contributed by atoms with Crippen LogP contribution in [0.25, 0.3) is 16.6 Å². The summed E-state index contributed by atoms with van der Waals surface area (Å²) in [6, 6.07) is 4.49. The van der Waals surface area contributed by atoms with Gasteiger partial charge in [-0.05, 0) is 31.9 Å². The van der Waals surface area contributed by atoms with Gasteiger partial charge < -0.3 is 20.5 Å². The molecule has 8 nitrogen and oxygen atoms in total. The van der Waals surface area contributed by atoms with Gasteiger partial charge in [0.15, 0.2) is 11.6 Å². The van der Waals surface area contributed by atoms with E-state index in [-0.39, 0.29) is 5.54 Å². The first kappa shape index (κ1) is 17.9. The summed E-state index contributed by atoms with van der Waals surface area (Å²) in [5, 5.41) is 15.3. The molecule has 2 fully saturated rings. The van der Waals surface area contributed by atoms with Gasteiger partial charge >= 0.3 is 0 Å². The highest BCUT2D eigenvalue weighted by molar-refractivity contribution is 5.94. The number of aromatic hydroxyl groups is 1. The van der Waals surface area contributed by atoms with Gasteiger partial charge in [0.1, 0.15) is 5.82 Å². The second-order valence-electron chi connectivity index (χ2n) is 7.68. The minimum Gasteiger partial charge on any atom is -0.505 e. The average Bonchev–Trinajstić information content (AvgIpc) is 3.39. The van der Waals surface area contributed by atoms with E-state index in [1.165, 1.54) is 16.8 Å². The summed E-state index contributed by atoms with van der Waals surface area (Å²) in [7, 11) is 0. The normalized spacial score (nSPS) is 17.8. The van der Waals surface area contributed by atoms with Crippen molar-refractivity contribution in [2.24, 2.45) is 5.73 Å². The zero-order chi connectivity index (χ0) is 20.3. The van der Waals surface area contributed by atoms with Gasteiger partial charge in [0.2, 0.25) is 0 Å². The highest BCUT2D eigenvalue weighted by Gasteiger charge is 2.50. The van der Waals surface area contributed by atoms with Crippen LogP contribution in [0, 0.1) is 12.7 Å². The Labute approximate surface area is 165 Å². The summed E-state index contributed by atoms with van der Waals surface area (Å²) in [5.74, 6) is -1.79. The number of phenols is 1. The first-order valence-corrected chi connectivity index (χ1v) is 9.43.